The molecule has 0 bridgehead atoms. The summed E-state index contributed by atoms with van der Waals surface area (Å²) in [6.45, 7) is 7.79. The number of aliphatic imine (C=N–C) groups is 2. The van der Waals surface area contributed by atoms with Gasteiger partial charge in [0.05, 0.1) is 22.7 Å². The maximum absolute atomic E-state index is 6.08. The van der Waals surface area contributed by atoms with Crippen molar-refractivity contribution in [1.29, 1.82) is 0 Å². The summed E-state index contributed by atoms with van der Waals surface area (Å²) < 4.78 is 0. The second-order valence-electron chi connectivity index (χ2n) is 5.67. The Labute approximate surface area is 131 Å². The van der Waals surface area contributed by atoms with Crippen molar-refractivity contribution in [2.75, 3.05) is 11.5 Å². The third kappa shape index (κ3) is 3.73. The lowest BCUT2D eigenvalue weighted by Crippen LogP contribution is -1.91. The molecule has 0 spiro atoms. The van der Waals surface area contributed by atoms with Gasteiger partial charge >= 0.3 is 0 Å². The minimum absolute atomic E-state index is 0.656. The zero-order valence-corrected chi connectivity index (χ0v) is 13.5. The van der Waals surface area contributed by atoms with Gasteiger partial charge in [-0.25, -0.2) is 0 Å². The molecule has 4 N–H and O–H groups in total. The molecule has 2 aromatic carbocycles. The molecule has 0 atom stereocenters. The van der Waals surface area contributed by atoms with E-state index in [1.54, 1.807) is 0 Å². The topological polar surface area (TPSA) is 76.8 Å². The average Bonchev–Trinajstić information content (AvgIpc) is 2.42. The normalized spacial score (nSPS) is 10.2. The third-order valence-corrected chi connectivity index (χ3v) is 3.08. The minimum atomic E-state index is 0.656. The standard InChI is InChI=1S/C18H22N4/c1-11(2)21-17-7-5-13(9-15(17)19)14-6-8-18(16(20)10-14)22-12(3)4/h5-10H,19-20H2,1-4H3. The molecule has 4 heteroatoms. The van der Waals surface area contributed by atoms with Gasteiger partial charge in [-0.05, 0) is 63.1 Å². The first-order valence-corrected chi connectivity index (χ1v) is 7.20. The number of hydrogen-bond donors (Lipinski definition) is 2. The predicted molar refractivity (Wildman–Crippen MR) is 97.6 cm³/mol. The molecule has 0 aromatic heterocycles. The quantitative estimate of drug-likeness (QED) is 0.633. The largest absolute Gasteiger partial charge is 0.397 e. The Hall–Kier alpha value is -2.62. The van der Waals surface area contributed by atoms with E-state index < -0.39 is 0 Å². The molecule has 22 heavy (non-hydrogen) atoms. The lowest BCUT2D eigenvalue weighted by molar-refractivity contribution is 1.46. The van der Waals surface area contributed by atoms with E-state index in [1.807, 2.05) is 64.1 Å². The van der Waals surface area contributed by atoms with Gasteiger partial charge < -0.3 is 11.5 Å². The van der Waals surface area contributed by atoms with Crippen molar-refractivity contribution in [3.8, 4) is 11.1 Å². The van der Waals surface area contributed by atoms with E-state index in [9.17, 15) is 0 Å². The molecule has 0 amide bonds. The summed E-state index contributed by atoms with van der Waals surface area (Å²) in [6, 6.07) is 11.7. The molecule has 0 heterocycles. The van der Waals surface area contributed by atoms with Crippen molar-refractivity contribution >= 4 is 34.2 Å². The van der Waals surface area contributed by atoms with Crippen molar-refractivity contribution in [2.45, 2.75) is 27.7 Å². The number of nitrogen functional groups attached to an aromatic ring is 2. The Kier molecular flexibility index (Phi) is 4.61. The second-order valence-corrected chi connectivity index (χ2v) is 5.67. The molecule has 0 aliphatic heterocycles. The molecule has 2 aromatic rings. The number of anilines is 2. The van der Waals surface area contributed by atoms with Crippen LogP contribution < -0.4 is 11.5 Å². The van der Waals surface area contributed by atoms with Crippen LogP contribution in [0.3, 0.4) is 0 Å². The van der Waals surface area contributed by atoms with Crippen LogP contribution >= 0.6 is 0 Å². The summed E-state index contributed by atoms with van der Waals surface area (Å²) in [5.74, 6) is 0. The monoisotopic (exact) mass is 294 g/mol. The highest BCUT2D eigenvalue weighted by molar-refractivity contribution is 5.87. The summed E-state index contributed by atoms with van der Waals surface area (Å²) in [4.78, 5) is 8.81. The highest BCUT2D eigenvalue weighted by Gasteiger charge is 2.05. The molecule has 4 nitrogen and oxygen atoms in total. The predicted octanol–water partition coefficient (Wildman–Crippen LogP) is 4.74. The first-order chi connectivity index (χ1) is 10.4. The molecule has 2 rings (SSSR count). The van der Waals surface area contributed by atoms with Crippen molar-refractivity contribution in [3.05, 3.63) is 36.4 Å². The Morgan fingerprint density at radius 1 is 0.682 bits per heavy atom. The fourth-order valence-corrected chi connectivity index (χ4v) is 2.15. The van der Waals surface area contributed by atoms with Crippen LogP contribution in [0.1, 0.15) is 27.7 Å². The maximum atomic E-state index is 6.08. The summed E-state index contributed by atoms with van der Waals surface area (Å²) in [5.41, 5.74) is 19.0. The van der Waals surface area contributed by atoms with E-state index in [0.717, 1.165) is 33.9 Å². The zero-order chi connectivity index (χ0) is 16.3. The van der Waals surface area contributed by atoms with Crippen LogP contribution in [-0.2, 0) is 0 Å². The van der Waals surface area contributed by atoms with E-state index in [0.29, 0.717) is 11.4 Å². The number of nitrogens with two attached hydrogens (primary N) is 2. The van der Waals surface area contributed by atoms with Crippen LogP contribution in [0, 0.1) is 0 Å². The number of hydrogen-bond acceptors (Lipinski definition) is 4. The van der Waals surface area contributed by atoms with E-state index >= 15 is 0 Å². The van der Waals surface area contributed by atoms with Crippen LogP contribution in [0.2, 0.25) is 0 Å². The number of rotatable bonds is 3. The summed E-state index contributed by atoms with van der Waals surface area (Å²) in [6.07, 6.45) is 0. The highest BCUT2D eigenvalue weighted by atomic mass is 14.8. The van der Waals surface area contributed by atoms with Gasteiger partial charge in [-0.3, -0.25) is 9.98 Å². The van der Waals surface area contributed by atoms with Gasteiger partial charge in [0, 0.05) is 11.4 Å². The summed E-state index contributed by atoms with van der Waals surface area (Å²) >= 11 is 0. The number of benzene rings is 2. The fraction of sp³-hybridized carbons (Fsp3) is 0.222. The molecule has 0 radical (unpaired) electrons. The molecule has 0 aliphatic carbocycles. The van der Waals surface area contributed by atoms with Crippen LogP contribution in [0.4, 0.5) is 22.7 Å². The minimum Gasteiger partial charge on any atom is -0.397 e. The van der Waals surface area contributed by atoms with Crippen LogP contribution in [-0.4, -0.2) is 11.4 Å². The van der Waals surface area contributed by atoms with Crippen molar-refractivity contribution in [2.24, 2.45) is 9.98 Å². The summed E-state index contributed by atoms with van der Waals surface area (Å²) in [7, 11) is 0. The Morgan fingerprint density at radius 3 is 1.32 bits per heavy atom. The lowest BCUT2D eigenvalue weighted by atomic mass is 10.0. The van der Waals surface area contributed by atoms with E-state index in [4.69, 9.17) is 11.5 Å². The molecular formula is C18H22N4. The van der Waals surface area contributed by atoms with Crippen molar-refractivity contribution in [3.63, 3.8) is 0 Å². The van der Waals surface area contributed by atoms with Crippen LogP contribution in [0.5, 0.6) is 0 Å². The molecule has 0 saturated heterocycles. The maximum Gasteiger partial charge on any atom is 0.0858 e. The van der Waals surface area contributed by atoms with Crippen molar-refractivity contribution in [1.82, 2.24) is 0 Å². The molecular weight excluding hydrogens is 272 g/mol. The summed E-state index contributed by atoms with van der Waals surface area (Å²) in [5, 5.41) is 0. The van der Waals surface area contributed by atoms with Gasteiger partial charge in [0.1, 0.15) is 0 Å². The molecule has 0 unspecified atom stereocenters. The van der Waals surface area contributed by atoms with Crippen molar-refractivity contribution < 1.29 is 0 Å². The van der Waals surface area contributed by atoms with Crippen LogP contribution in [0.15, 0.2) is 46.4 Å². The smallest absolute Gasteiger partial charge is 0.0858 e. The molecule has 0 fully saturated rings. The van der Waals surface area contributed by atoms with E-state index in [-0.39, 0.29) is 0 Å². The first-order valence-electron chi connectivity index (χ1n) is 7.20. The van der Waals surface area contributed by atoms with Gasteiger partial charge in [0.2, 0.25) is 0 Å². The highest BCUT2D eigenvalue weighted by Crippen LogP contribution is 2.32. The Morgan fingerprint density at radius 2 is 1.05 bits per heavy atom. The van der Waals surface area contributed by atoms with E-state index in [2.05, 4.69) is 9.98 Å². The van der Waals surface area contributed by atoms with Gasteiger partial charge in [0.25, 0.3) is 0 Å². The first kappa shape index (κ1) is 15.8. The fourth-order valence-electron chi connectivity index (χ4n) is 2.15. The lowest BCUT2D eigenvalue weighted by Gasteiger charge is -2.08. The number of nitrogens with zero attached hydrogens (tertiary/aromatic N) is 2. The van der Waals surface area contributed by atoms with E-state index in [1.165, 1.54) is 0 Å². The van der Waals surface area contributed by atoms with Gasteiger partial charge in [-0.2, -0.15) is 0 Å². The molecule has 0 aliphatic rings. The molecule has 114 valence electrons. The molecule has 0 saturated carbocycles. The van der Waals surface area contributed by atoms with Gasteiger partial charge in [-0.15, -0.1) is 0 Å². The van der Waals surface area contributed by atoms with Gasteiger partial charge in [-0.1, -0.05) is 12.1 Å². The third-order valence-electron chi connectivity index (χ3n) is 3.08. The van der Waals surface area contributed by atoms with Crippen LogP contribution in [0.25, 0.3) is 11.1 Å². The average molecular weight is 294 g/mol. The Balaban J connectivity index is 2.41. The Bertz CT molecular complexity index is 684. The second kappa shape index (κ2) is 6.43. The SMILES string of the molecule is CC(C)=Nc1ccc(-c2ccc(N=C(C)C)c(N)c2)cc1N. The zero-order valence-electron chi connectivity index (χ0n) is 13.5. The van der Waals surface area contributed by atoms with Gasteiger partial charge in [0.15, 0.2) is 0 Å².